The van der Waals surface area contributed by atoms with Crippen LogP contribution >= 0.6 is 0 Å². The molecule has 9 heteroatoms. The first kappa shape index (κ1) is 26.9. The summed E-state index contributed by atoms with van der Waals surface area (Å²) in [4.78, 5) is 2.39. The third-order valence-electron chi connectivity index (χ3n) is 6.60. The van der Waals surface area contributed by atoms with E-state index in [2.05, 4.69) is 11.8 Å². The second-order valence-electron chi connectivity index (χ2n) is 9.05. The van der Waals surface area contributed by atoms with Crippen molar-refractivity contribution < 1.29 is 37.9 Å². The molecule has 3 aliphatic rings. The summed E-state index contributed by atoms with van der Waals surface area (Å²) in [6, 6.07) is 9.90. The standard InChI is InChI=1S/C26H41NO8/c1-3-4-10-27-11-13-29-15-17-31-23-22-21(19-33-25(35-22)20-8-6-5-7-9-20)34-26(28-2)24(23)32-18-16-30-14-12-27/h5-9,21-26H,3-4,10-19H2,1-2H3/t21-,22-,23+,24-,25?,26+/m1/s1. The van der Waals surface area contributed by atoms with Gasteiger partial charge >= 0.3 is 0 Å². The molecule has 0 spiro atoms. The van der Waals surface area contributed by atoms with E-state index in [1.807, 2.05) is 30.3 Å². The minimum Gasteiger partial charge on any atom is -0.378 e. The fourth-order valence-corrected chi connectivity index (χ4v) is 4.68. The van der Waals surface area contributed by atoms with Gasteiger partial charge in [-0.25, -0.2) is 0 Å². The Balaban J connectivity index is 1.42. The average Bonchev–Trinajstić information content (AvgIpc) is 2.91. The molecule has 1 aromatic rings. The molecule has 3 saturated heterocycles. The van der Waals surface area contributed by atoms with Crippen LogP contribution in [0.5, 0.6) is 0 Å². The van der Waals surface area contributed by atoms with E-state index in [1.54, 1.807) is 7.11 Å². The molecule has 0 aliphatic carbocycles. The number of hydrogen-bond donors (Lipinski definition) is 0. The highest BCUT2D eigenvalue weighted by atomic mass is 16.8. The van der Waals surface area contributed by atoms with Gasteiger partial charge in [-0.3, -0.25) is 4.90 Å². The van der Waals surface area contributed by atoms with Gasteiger partial charge in [0.1, 0.15) is 24.4 Å². The van der Waals surface area contributed by atoms with Crippen molar-refractivity contribution in [2.24, 2.45) is 0 Å². The van der Waals surface area contributed by atoms with Crippen LogP contribution in [-0.4, -0.2) is 109 Å². The Morgan fingerprint density at radius 2 is 1.54 bits per heavy atom. The molecule has 4 rings (SSSR count). The van der Waals surface area contributed by atoms with Crippen molar-refractivity contribution >= 4 is 0 Å². The topological polar surface area (TPSA) is 77.1 Å². The molecule has 3 fully saturated rings. The van der Waals surface area contributed by atoms with Crippen molar-refractivity contribution in [3.05, 3.63) is 35.9 Å². The zero-order chi connectivity index (χ0) is 24.3. The van der Waals surface area contributed by atoms with Crippen LogP contribution in [0.25, 0.3) is 0 Å². The molecule has 198 valence electrons. The highest BCUT2D eigenvalue weighted by Crippen LogP contribution is 2.36. The number of fused-ring (bicyclic) bond motifs is 3. The van der Waals surface area contributed by atoms with Gasteiger partial charge in [0.15, 0.2) is 12.6 Å². The van der Waals surface area contributed by atoms with Crippen LogP contribution in [0.15, 0.2) is 30.3 Å². The quantitative estimate of drug-likeness (QED) is 0.612. The van der Waals surface area contributed by atoms with Gasteiger partial charge in [0.25, 0.3) is 0 Å². The van der Waals surface area contributed by atoms with Crippen LogP contribution in [0.3, 0.4) is 0 Å². The normalized spacial score (nSPS) is 34.2. The summed E-state index contributed by atoms with van der Waals surface area (Å²) in [5.74, 6) is 0. The van der Waals surface area contributed by atoms with Gasteiger partial charge in [-0.15, -0.1) is 0 Å². The minimum atomic E-state index is -0.595. The van der Waals surface area contributed by atoms with Gasteiger partial charge in [0, 0.05) is 25.8 Å². The maximum atomic E-state index is 6.39. The summed E-state index contributed by atoms with van der Waals surface area (Å²) in [7, 11) is 1.61. The largest absolute Gasteiger partial charge is 0.378 e. The molecule has 35 heavy (non-hydrogen) atoms. The zero-order valence-corrected chi connectivity index (χ0v) is 21.0. The van der Waals surface area contributed by atoms with E-state index in [1.165, 1.54) is 12.8 Å². The van der Waals surface area contributed by atoms with Crippen LogP contribution in [0.1, 0.15) is 31.6 Å². The molecule has 9 nitrogen and oxygen atoms in total. The maximum absolute atomic E-state index is 6.39. The van der Waals surface area contributed by atoms with Crippen LogP contribution in [0, 0.1) is 0 Å². The maximum Gasteiger partial charge on any atom is 0.186 e. The predicted molar refractivity (Wildman–Crippen MR) is 128 cm³/mol. The summed E-state index contributed by atoms with van der Waals surface area (Å²) < 4.78 is 48.6. The van der Waals surface area contributed by atoms with Crippen molar-refractivity contribution in [2.45, 2.75) is 56.8 Å². The summed E-state index contributed by atoms with van der Waals surface area (Å²) in [5.41, 5.74) is 0.957. The van der Waals surface area contributed by atoms with E-state index < -0.39 is 24.8 Å². The molecule has 1 aromatic carbocycles. The number of rotatable bonds is 5. The lowest BCUT2D eigenvalue weighted by atomic mass is 9.97. The number of unbranched alkanes of at least 4 members (excludes halogenated alkanes) is 1. The van der Waals surface area contributed by atoms with Gasteiger partial charge in [-0.2, -0.15) is 0 Å². The van der Waals surface area contributed by atoms with E-state index in [4.69, 9.17) is 37.9 Å². The zero-order valence-electron chi connectivity index (χ0n) is 21.0. The Kier molecular flexibility index (Phi) is 11.2. The highest BCUT2D eigenvalue weighted by Gasteiger charge is 2.51. The molecule has 0 saturated carbocycles. The Labute approximate surface area is 208 Å². The van der Waals surface area contributed by atoms with Crippen molar-refractivity contribution in [1.82, 2.24) is 4.90 Å². The number of nitrogens with zero attached hydrogens (tertiary/aromatic N) is 1. The monoisotopic (exact) mass is 495 g/mol. The van der Waals surface area contributed by atoms with E-state index in [9.17, 15) is 0 Å². The van der Waals surface area contributed by atoms with E-state index >= 15 is 0 Å². The molecule has 3 heterocycles. The number of hydrogen-bond acceptors (Lipinski definition) is 9. The smallest absolute Gasteiger partial charge is 0.186 e. The first-order valence-corrected chi connectivity index (χ1v) is 12.9. The summed E-state index contributed by atoms with van der Waals surface area (Å²) >= 11 is 0. The van der Waals surface area contributed by atoms with E-state index in [-0.39, 0.29) is 12.2 Å². The number of benzene rings is 1. The van der Waals surface area contributed by atoms with Gasteiger partial charge in [-0.05, 0) is 13.0 Å². The van der Waals surface area contributed by atoms with Crippen LogP contribution in [0.2, 0.25) is 0 Å². The van der Waals surface area contributed by atoms with Crippen LogP contribution in [0.4, 0.5) is 0 Å². The Hall–Kier alpha value is -1.14. The Morgan fingerprint density at radius 3 is 2.23 bits per heavy atom. The number of methoxy groups -OCH3 is 1. The van der Waals surface area contributed by atoms with Crippen LogP contribution in [-0.2, 0) is 37.9 Å². The Bertz CT molecular complexity index is 710. The molecule has 0 N–H and O–H groups in total. The molecular weight excluding hydrogens is 454 g/mol. The molecule has 0 amide bonds. The summed E-state index contributed by atoms with van der Waals surface area (Å²) in [6.45, 7) is 8.55. The van der Waals surface area contributed by atoms with Crippen LogP contribution < -0.4 is 0 Å². The third kappa shape index (κ3) is 7.67. The highest BCUT2D eigenvalue weighted by molar-refractivity contribution is 5.16. The lowest BCUT2D eigenvalue weighted by Crippen LogP contribution is -2.63. The fraction of sp³-hybridized carbons (Fsp3) is 0.769. The van der Waals surface area contributed by atoms with Gasteiger partial charge in [0.05, 0.1) is 46.2 Å². The lowest BCUT2D eigenvalue weighted by molar-refractivity contribution is -0.368. The van der Waals surface area contributed by atoms with Gasteiger partial charge in [0.2, 0.25) is 0 Å². The van der Waals surface area contributed by atoms with Crippen molar-refractivity contribution in [1.29, 1.82) is 0 Å². The molecule has 0 bridgehead atoms. The fourth-order valence-electron chi connectivity index (χ4n) is 4.68. The Morgan fingerprint density at radius 1 is 0.829 bits per heavy atom. The average molecular weight is 496 g/mol. The molecule has 1 unspecified atom stereocenters. The van der Waals surface area contributed by atoms with Crippen molar-refractivity contribution in [3.8, 4) is 0 Å². The number of ether oxygens (including phenoxy) is 8. The molecule has 0 aromatic heterocycles. The van der Waals surface area contributed by atoms with Crippen molar-refractivity contribution in [3.63, 3.8) is 0 Å². The summed E-state index contributed by atoms with van der Waals surface area (Å²) in [5, 5.41) is 0. The van der Waals surface area contributed by atoms with Crippen molar-refractivity contribution in [2.75, 3.05) is 73.0 Å². The minimum absolute atomic E-state index is 0.323. The van der Waals surface area contributed by atoms with Gasteiger partial charge < -0.3 is 37.9 Å². The lowest BCUT2D eigenvalue weighted by Gasteiger charge is -2.48. The SMILES string of the molecule is CCCCN1CCOCCO[C@@H]2[C@@H](OCCOCC1)[C@@H](OC)O[C@@H]1COC(c3ccccc3)O[C@@H]21. The van der Waals surface area contributed by atoms with E-state index in [0.717, 1.165) is 25.2 Å². The van der Waals surface area contributed by atoms with Gasteiger partial charge in [-0.1, -0.05) is 43.7 Å². The summed E-state index contributed by atoms with van der Waals surface area (Å²) in [6.07, 6.45) is -0.301. The molecule has 3 aliphatic heterocycles. The first-order chi connectivity index (χ1) is 17.3. The molecule has 0 radical (unpaired) electrons. The second-order valence-corrected chi connectivity index (χ2v) is 9.05. The first-order valence-electron chi connectivity index (χ1n) is 12.9. The second kappa shape index (κ2) is 14.6. The molecule has 6 atom stereocenters. The predicted octanol–water partition coefficient (Wildman–Crippen LogP) is 2.39. The molecular formula is C26H41NO8. The van der Waals surface area contributed by atoms with E-state index in [0.29, 0.717) is 46.2 Å². The third-order valence-corrected chi connectivity index (χ3v) is 6.60.